The highest BCUT2D eigenvalue weighted by Gasteiger charge is 2.28. The van der Waals surface area contributed by atoms with Crippen molar-refractivity contribution in [1.29, 1.82) is 0 Å². The Hall–Kier alpha value is -2.71. The maximum absolute atomic E-state index is 13.2. The first-order valence-corrected chi connectivity index (χ1v) is 13.5. The predicted molar refractivity (Wildman–Crippen MR) is 132 cm³/mol. The zero-order valence-electron chi connectivity index (χ0n) is 20.0. The average Bonchev–Trinajstić information content (AvgIpc) is 3.65. The molecule has 7 nitrogen and oxygen atoms in total. The average molecular weight is 486 g/mol. The number of carbonyl (C=O) groups excluding carboxylic acids is 2. The molecule has 2 aromatic carbocycles. The minimum atomic E-state index is -3.49. The minimum Gasteiger partial charge on any atom is -0.354 e. The SMILES string of the molecule is CCCCNC(=O)[C@H](C)N(Cc1ccccc1)C(=O)CCc1ccc(S(=O)(=O)NC2CC2)cc1. The molecule has 184 valence electrons. The fourth-order valence-electron chi connectivity index (χ4n) is 3.62. The van der Waals surface area contributed by atoms with Gasteiger partial charge in [-0.3, -0.25) is 9.59 Å². The standard InChI is InChI=1S/C26H35N3O4S/c1-3-4-18-27-26(31)20(2)29(19-22-8-6-5-7-9-22)25(30)17-12-21-10-15-24(16-11-21)34(32,33)28-23-13-14-23/h5-11,15-16,20,23,28H,3-4,12-14,17-19H2,1-2H3,(H,27,31)/t20-/m0/s1. The highest BCUT2D eigenvalue weighted by molar-refractivity contribution is 7.89. The van der Waals surface area contributed by atoms with Crippen LogP contribution in [0.2, 0.25) is 0 Å². The summed E-state index contributed by atoms with van der Waals surface area (Å²) in [6.45, 7) is 4.77. The number of aryl methyl sites for hydroxylation is 1. The molecule has 1 aliphatic rings. The normalized spacial score (nSPS) is 14.4. The second-order valence-corrected chi connectivity index (χ2v) is 10.6. The minimum absolute atomic E-state index is 0.0547. The Morgan fingerprint density at radius 2 is 1.71 bits per heavy atom. The quantitative estimate of drug-likeness (QED) is 0.425. The maximum Gasteiger partial charge on any atom is 0.242 e. The van der Waals surface area contributed by atoms with Gasteiger partial charge in [-0.15, -0.1) is 0 Å². The fourth-order valence-corrected chi connectivity index (χ4v) is 4.92. The molecule has 0 radical (unpaired) electrons. The number of unbranched alkanes of at least 4 members (excludes halogenated alkanes) is 1. The van der Waals surface area contributed by atoms with E-state index < -0.39 is 16.1 Å². The molecule has 1 aliphatic carbocycles. The third-order valence-corrected chi connectivity index (χ3v) is 7.49. The van der Waals surface area contributed by atoms with Crippen LogP contribution in [0, 0.1) is 0 Å². The largest absolute Gasteiger partial charge is 0.354 e. The molecule has 1 atom stereocenters. The van der Waals surface area contributed by atoms with Gasteiger partial charge in [0.25, 0.3) is 0 Å². The molecule has 3 rings (SSSR count). The Kier molecular flexibility index (Phi) is 9.24. The summed E-state index contributed by atoms with van der Waals surface area (Å²) in [7, 11) is -3.49. The number of rotatable bonds is 13. The molecule has 0 aromatic heterocycles. The molecule has 1 saturated carbocycles. The van der Waals surface area contributed by atoms with Crippen molar-refractivity contribution < 1.29 is 18.0 Å². The summed E-state index contributed by atoms with van der Waals surface area (Å²) in [5.41, 5.74) is 1.83. The molecular formula is C26H35N3O4S. The van der Waals surface area contributed by atoms with E-state index in [1.165, 1.54) is 0 Å². The van der Waals surface area contributed by atoms with Gasteiger partial charge in [-0.25, -0.2) is 13.1 Å². The summed E-state index contributed by atoms with van der Waals surface area (Å²) in [6.07, 6.45) is 4.34. The van der Waals surface area contributed by atoms with E-state index in [1.807, 2.05) is 30.3 Å². The van der Waals surface area contributed by atoms with Crippen LogP contribution in [0.3, 0.4) is 0 Å². The lowest BCUT2D eigenvalue weighted by Crippen LogP contribution is -2.47. The lowest BCUT2D eigenvalue weighted by molar-refractivity contribution is -0.140. The van der Waals surface area contributed by atoms with Crippen molar-refractivity contribution in [3.05, 3.63) is 65.7 Å². The van der Waals surface area contributed by atoms with E-state index in [2.05, 4.69) is 17.0 Å². The number of hydrogen-bond donors (Lipinski definition) is 2. The van der Waals surface area contributed by atoms with Gasteiger partial charge in [-0.2, -0.15) is 0 Å². The van der Waals surface area contributed by atoms with Crippen LogP contribution in [0.25, 0.3) is 0 Å². The van der Waals surface area contributed by atoms with E-state index in [0.29, 0.717) is 19.5 Å². The lowest BCUT2D eigenvalue weighted by Gasteiger charge is -2.29. The van der Waals surface area contributed by atoms with Crippen molar-refractivity contribution in [1.82, 2.24) is 14.9 Å². The first-order chi connectivity index (χ1) is 16.3. The third-order valence-electron chi connectivity index (χ3n) is 5.95. The fraction of sp³-hybridized carbons (Fsp3) is 0.462. The zero-order chi connectivity index (χ0) is 24.6. The molecule has 0 aliphatic heterocycles. The van der Waals surface area contributed by atoms with Crippen LogP contribution in [-0.2, 0) is 32.6 Å². The highest BCUT2D eigenvalue weighted by atomic mass is 32.2. The molecule has 2 N–H and O–H groups in total. The van der Waals surface area contributed by atoms with Crippen molar-refractivity contribution in [2.45, 2.75) is 75.9 Å². The summed E-state index contributed by atoms with van der Waals surface area (Å²) >= 11 is 0. The number of nitrogens with one attached hydrogen (secondary N) is 2. The van der Waals surface area contributed by atoms with Crippen molar-refractivity contribution in [3.63, 3.8) is 0 Å². The van der Waals surface area contributed by atoms with Gasteiger partial charge in [0, 0.05) is 25.6 Å². The number of nitrogens with zero attached hydrogens (tertiary/aromatic N) is 1. The van der Waals surface area contributed by atoms with Crippen molar-refractivity contribution >= 4 is 21.8 Å². The van der Waals surface area contributed by atoms with Crippen LogP contribution in [0.4, 0.5) is 0 Å². The number of benzene rings is 2. The van der Waals surface area contributed by atoms with Crippen LogP contribution in [0.15, 0.2) is 59.5 Å². The predicted octanol–water partition coefficient (Wildman–Crippen LogP) is 3.39. The molecular weight excluding hydrogens is 450 g/mol. The van der Waals surface area contributed by atoms with Crippen molar-refractivity contribution in [2.75, 3.05) is 6.54 Å². The van der Waals surface area contributed by atoms with E-state index in [9.17, 15) is 18.0 Å². The number of hydrogen-bond acceptors (Lipinski definition) is 4. The second kappa shape index (κ2) is 12.1. The van der Waals surface area contributed by atoms with Gasteiger partial charge in [0.05, 0.1) is 4.90 Å². The van der Waals surface area contributed by atoms with Gasteiger partial charge in [0.2, 0.25) is 21.8 Å². The topological polar surface area (TPSA) is 95.6 Å². The van der Waals surface area contributed by atoms with Crippen LogP contribution in [-0.4, -0.2) is 43.8 Å². The summed E-state index contributed by atoms with van der Waals surface area (Å²) in [6, 6.07) is 15.7. The van der Waals surface area contributed by atoms with Crippen LogP contribution in [0.5, 0.6) is 0 Å². The first kappa shape index (κ1) is 25.9. The van der Waals surface area contributed by atoms with Crippen LogP contribution < -0.4 is 10.0 Å². The first-order valence-electron chi connectivity index (χ1n) is 12.0. The third kappa shape index (κ3) is 7.67. The monoisotopic (exact) mass is 485 g/mol. The summed E-state index contributed by atoms with van der Waals surface area (Å²) in [5, 5.41) is 2.92. The summed E-state index contributed by atoms with van der Waals surface area (Å²) in [4.78, 5) is 27.7. The number of amides is 2. The molecule has 34 heavy (non-hydrogen) atoms. The zero-order valence-corrected chi connectivity index (χ0v) is 20.8. The Balaban J connectivity index is 1.64. The van der Waals surface area contributed by atoms with Gasteiger partial charge in [-0.1, -0.05) is 55.8 Å². The van der Waals surface area contributed by atoms with E-state index in [-0.39, 0.29) is 29.2 Å². The molecule has 0 unspecified atom stereocenters. The van der Waals surface area contributed by atoms with Gasteiger partial charge < -0.3 is 10.2 Å². The van der Waals surface area contributed by atoms with Crippen molar-refractivity contribution in [3.8, 4) is 0 Å². The summed E-state index contributed by atoms with van der Waals surface area (Å²) < 4.78 is 27.4. The number of carbonyl (C=O) groups is 2. The van der Waals surface area contributed by atoms with Crippen LogP contribution in [0.1, 0.15) is 57.1 Å². The molecule has 0 spiro atoms. The van der Waals surface area contributed by atoms with E-state index >= 15 is 0 Å². The Morgan fingerprint density at radius 3 is 2.32 bits per heavy atom. The molecule has 0 bridgehead atoms. The molecule has 2 aromatic rings. The van der Waals surface area contributed by atoms with E-state index in [1.54, 1.807) is 36.1 Å². The Bertz CT molecular complexity index is 1050. The van der Waals surface area contributed by atoms with E-state index in [0.717, 1.165) is 36.8 Å². The Morgan fingerprint density at radius 1 is 1.03 bits per heavy atom. The highest BCUT2D eigenvalue weighted by Crippen LogP contribution is 2.22. The lowest BCUT2D eigenvalue weighted by atomic mass is 10.1. The maximum atomic E-state index is 13.2. The van der Waals surface area contributed by atoms with E-state index in [4.69, 9.17) is 0 Å². The summed E-state index contributed by atoms with van der Waals surface area (Å²) in [5.74, 6) is -0.274. The van der Waals surface area contributed by atoms with Gasteiger partial charge in [0.1, 0.15) is 6.04 Å². The second-order valence-electron chi connectivity index (χ2n) is 8.87. The number of sulfonamides is 1. The molecule has 0 saturated heterocycles. The van der Waals surface area contributed by atoms with Crippen LogP contribution >= 0.6 is 0 Å². The smallest absolute Gasteiger partial charge is 0.242 e. The Labute approximate surface area is 203 Å². The van der Waals surface area contributed by atoms with Gasteiger partial charge in [-0.05, 0) is 55.9 Å². The van der Waals surface area contributed by atoms with Crippen molar-refractivity contribution in [2.24, 2.45) is 0 Å². The molecule has 1 fully saturated rings. The van der Waals surface area contributed by atoms with Gasteiger partial charge in [0.15, 0.2) is 0 Å². The van der Waals surface area contributed by atoms with Gasteiger partial charge >= 0.3 is 0 Å². The molecule has 2 amide bonds. The molecule has 0 heterocycles. The molecule has 8 heteroatoms.